The zero-order valence-corrected chi connectivity index (χ0v) is 9.75. The van der Waals surface area contributed by atoms with Gasteiger partial charge >= 0.3 is 0 Å². The quantitative estimate of drug-likeness (QED) is 0.796. The Kier molecular flexibility index (Phi) is 4.02. The Hall–Kier alpha value is -1.17. The molecule has 0 aliphatic carbocycles. The van der Waals surface area contributed by atoms with Crippen molar-refractivity contribution < 1.29 is 0 Å². The second-order valence-electron chi connectivity index (χ2n) is 3.56. The van der Waals surface area contributed by atoms with E-state index in [-0.39, 0.29) is 6.04 Å². The first-order valence-corrected chi connectivity index (χ1v) is 5.13. The maximum Gasteiger partial charge on any atom is 0.0788 e. The van der Waals surface area contributed by atoms with Crippen LogP contribution in [0.3, 0.4) is 0 Å². The predicted molar refractivity (Wildman–Crippen MR) is 66.2 cm³/mol. The molecule has 0 aliphatic heterocycles. The monoisotopic (exact) mass is 222 g/mol. The van der Waals surface area contributed by atoms with Crippen LogP contribution in [0.5, 0.6) is 0 Å². The maximum absolute atomic E-state index is 6.14. The minimum Gasteiger partial charge on any atom is -0.362 e. The molecule has 0 saturated heterocycles. The van der Waals surface area contributed by atoms with Gasteiger partial charge in [-0.25, -0.2) is 0 Å². The summed E-state index contributed by atoms with van der Waals surface area (Å²) in [5, 5.41) is 0.683. The first kappa shape index (κ1) is 11.9. The molecule has 0 aromatic heterocycles. The largest absolute Gasteiger partial charge is 0.362 e. The van der Waals surface area contributed by atoms with E-state index in [1.54, 1.807) is 0 Å². The molecule has 0 fully saturated rings. The number of hydrogen-bond donors (Lipinski definition) is 1. The van der Waals surface area contributed by atoms with Crippen molar-refractivity contribution >= 4 is 17.3 Å². The molecule has 1 aromatic carbocycles. The average molecular weight is 223 g/mol. The SMILES string of the molecule is C#CCN(C)c1ccc([C@H](C)N)cc1Cl. The zero-order chi connectivity index (χ0) is 11.4. The fraction of sp³-hybridized carbons (Fsp3) is 0.333. The van der Waals surface area contributed by atoms with Gasteiger partial charge in [0, 0.05) is 13.1 Å². The lowest BCUT2D eigenvalue weighted by Crippen LogP contribution is -2.17. The van der Waals surface area contributed by atoms with E-state index in [1.807, 2.05) is 37.1 Å². The number of nitrogens with two attached hydrogens (primary N) is 1. The molecule has 2 nitrogen and oxygen atoms in total. The van der Waals surface area contributed by atoms with E-state index in [9.17, 15) is 0 Å². The van der Waals surface area contributed by atoms with Crippen molar-refractivity contribution in [3.63, 3.8) is 0 Å². The molecule has 0 spiro atoms. The first-order chi connectivity index (χ1) is 7.06. The molecule has 80 valence electrons. The summed E-state index contributed by atoms with van der Waals surface area (Å²) >= 11 is 6.14. The average Bonchev–Trinajstić information content (AvgIpc) is 2.17. The molecule has 0 bridgehead atoms. The third-order valence-corrected chi connectivity index (χ3v) is 2.54. The highest BCUT2D eigenvalue weighted by Crippen LogP contribution is 2.27. The molecule has 15 heavy (non-hydrogen) atoms. The van der Waals surface area contributed by atoms with Gasteiger partial charge in [-0.2, -0.15) is 0 Å². The van der Waals surface area contributed by atoms with Crippen LogP contribution >= 0.6 is 11.6 Å². The third kappa shape index (κ3) is 2.89. The number of benzene rings is 1. The summed E-state index contributed by atoms with van der Waals surface area (Å²) in [5.41, 5.74) is 7.72. The fourth-order valence-corrected chi connectivity index (χ4v) is 1.67. The fourth-order valence-electron chi connectivity index (χ4n) is 1.34. The van der Waals surface area contributed by atoms with Crippen LogP contribution in [-0.2, 0) is 0 Å². The Balaban J connectivity index is 2.98. The topological polar surface area (TPSA) is 29.3 Å². The molecule has 0 aliphatic rings. The van der Waals surface area contributed by atoms with Crippen molar-refractivity contribution in [1.29, 1.82) is 0 Å². The van der Waals surface area contributed by atoms with Crippen LogP contribution in [-0.4, -0.2) is 13.6 Å². The Morgan fingerprint density at radius 3 is 2.73 bits per heavy atom. The lowest BCUT2D eigenvalue weighted by Gasteiger charge is -2.18. The van der Waals surface area contributed by atoms with E-state index in [4.69, 9.17) is 23.8 Å². The number of halogens is 1. The molecule has 1 aromatic rings. The molecule has 0 unspecified atom stereocenters. The molecule has 2 N–H and O–H groups in total. The highest BCUT2D eigenvalue weighted by molar-refractivity contribution is 6.33. The van der Waals surface area contributed by atoms with Gasteiger partial charge < -0.3 is 10.6 Å². The molecular weight excluding hydrogens is 208 g/mol. The Morgan fingerprint density at radius 2 is 2.27 bits per heavy atom. The van der Waals surface area contributed by atoms with Crippen molar-refractivity contribution in [3.05, 3.63) is 28.8 Å². The van der Waals surface area contributed by atoms with Crippen molar-refractivity contribution in [2.24, 2.45) is 5.73 Å². The first-order valence-electron chi connectivity index (χ1n) is 4.76. The van der Waals surface area contributed by atoms with Crippen molar-refractivity contribution in [3.8, 4) is 12.3 Å². The van der Waals surface area contributed by atoms with Crippen molar-refractivity contribution in [1.82, 2.24) is 0 Å². The normalized spacial score (nSPS) is 11.9. The Labute approximate surface area is 96.0 Å². The van der Waals surface area contributed by atoms with Gasteiger partial charge in [0.15, 0.2) is 0 Å². The number of nitrogens with zero attached hydrogens (tertiary/aromatic N) is 1. The van der Waals surface area contributed by atoms with E-state index >= 15 is 0 Å². The van der Waals surface area contributed by atoms with E-state index in [1.165, 1.54) is 0 Å². The molecule has 0 heterocycles. The minimum atomic E-state index is -0.00510. The highest BCUT2D eigenvalue weighted by atomic mass is 35.5. The van der Waals surface area contributed by atoms with Gasteiger partial charge in [-0.3, -0.25) is 0 Å². The van der Waals surface area contributed by atoms with Crippen LogP contribution in [0.2, 0.25) is 5.02 Å². The number of hydrogen-bond acceptors (Lipinski definition) is 2. The molecular formula is C12H15ClN2. The van der Waals surface area contributed by atoms with Crippen LogP contribution in [0.1, 0.15) is 18.5 Å². The van der Waals surface area contributed by atoms with Crippen LogP contribution in [0.25, 0.3) is 0 Å². The predicted octanol–water partition coefficient (Wildman–Crippen LogP) is 2.43. The molecule has 0 amide bonds. The lowest BCUT2D eigenvalue weighted by molar-refractivity contribution is 0.818. The summed E-state index contributed by atoms with van der Waals surface area (Å²) in [6, 6.07) is 5.79. The van der Waals surface area contributed by atoms with Crippen LogP contribution in [0.4, 0.5) is 5.69 Å². The number of rotatable bonds is 3. The van der Waals surface area contributed by atoms with Crippen molar-refractivity contribution in [2.75, 3.05) is 18.5 Å². The molecule has 1 rings (SSSR count). The van der Waals surface area contributed by atoms with Gasteiger partial charge in [0.05, 0.1) is 17.3 Å². The van der Waals surface area contributed by atoms with Crippen LogP contribution in [0.15, 0.2) is 18.2 Å². The second-order valence-corrected chi connectivity index (χ2v) is 3.97. The van der Waals surface area contributed by atoms with E-state index in [0.29, 0.717) is 11.6 Å². The van der Waals surface area contributed by atoms with Crippen molar-refractivity contribution in [2.45, 2.75) is 13.0 Å². The molecule has 0 saturated carbocycles. The zero-order valence-electron chi connectivity index (χ0n) is 9.00. The summed E-state index contributed by atoms with van der Waals surface area (Å²) in [5.74, 6) is 2.57. The van der Waals surface area contributed by atoms with Gasteiger partial charge in [-0.1, -0.05) is 23.6 Å². The van der Waals surface area contributed by atoms with E-state index in [0.717, 1.165) is 11.3 Å². The number of anilines is 1. The van der Waals surface area contributed by atoms with Crippen LogP contribution in [0, 0.1) is 12.3 Å². The summed E-state index contributed by atoms with van der Waals surface area (Å²) in [4.78, 5) is 1.92. The van der Waals surface area contributed by atoms with E-state index in [2.05, 4.69) is 5.92 Å². The minimum absolute atomic E-state index is 0.00510. The number of terminal acetylenes is 1. The highest BCUT2D eigenvalue weighted by Gasteiger charge is 2.07. The summed E-state index contributed by atoms with van der Waals surface area (Å²) in [6.07, 6.45) is 5.24. The van der Waals surface area contributed by atoms with Gasteiger partial charge in [-0.15, -0.1) is 6.42 Å². The van der Waals surface area contributed by atoms with Gasteiger partial charge in [0.25, 0.3) is 0 Å². The molecule has 3 heteroatoms. The summed E-state index contributed by atoms with van der Waals surface area (Å²) in [6.45, 7) is 2.47. The van der Waals surface area contributed by atoms with Gasteiger partial charge in [0.2, 0.25) is 0 Å². The van der Waals surface area contributed by atoms with Gasteiger partial charge in [0.1, 0.15) is 0 Å². The third-order valence-electron chi connectivity index (χ3n) is 2.24. The smallest absolute Gasteiger partial charge is 0.0788 e. The molecule has 1 atom stereocenters. The Morgan fingerprint density at radius 1 is 1.60 bits per heavy atom. The van der Waals surface area contributed by atoms with Crippen LogP contribution < -0.4 is 10.6 Å². The van der Waals surface area contributed by atoms with E-state index < -0.39 is 0 Å². The Bertz CT molecular complexity index is 380. The lowest BCUT2D eigenvalue weighted by atomic mass is 10.1. The summed E-state index contributed by atoms with van der Waals surface area (Å²) < 4.78 is 0. The maximum atomic E-state index is 6.14. The summed E-state index contributed by atoms with van der Waals surface area (Å²) in [7, 11) is 1.91. The molecule has 0 radical (unpaired) electrons. The second kappa shape index (κ2) is 5.06. The standard InChI is InChI=1S/C12H15ClN2/c1-4-7-15(3)12-6-5-10(9(2)14)8-11(12)13/h1,5-6,8-9H,7,14H2,2-3H3/t9-/m0/s1. The van der Waals surface area contributed by atoms with Gasteiger partial charge in [-0.05, 0) is 24.6 Å².